The van der Waals surface area contributed by atoms with Crippen molar-refractivity contribution in [3.05, 3.63) is 52.8 Å². The van der Waals surface area contributed by atoms with Crippen molar-refractivity contribution in [2.45, 2.75) is 44.8 Å². The van der Waals surface area contributed by atoms with Crippen LogP contribution in [0.25, 0.3) is 0 Å². The molecule has 3 heterocycles. The van der Waals surface area contributed by atoms with E-state index in [0.29, 0.717) is 25.5 Å². The predicted octanol–water partition coefficient (Wildman–Crippen LogP) is 2.73. The van der Waals surface area contributed by atoms with Crippen molar-refractivity contribution in [1.29, 1.82) is 0 Å². The van der Waals surface area contributed by atoms with E-state index in [9.17, 15) is 4.79 Å². The monoisotopic (exact) mass is 418 g/mol. The molecule has 29 heavy (non-hydrogen) atoms. The lowest BCUT2D eigenvalue weighted by molar-refractivity contribution is 0.0505. The van der Waals surface area contributed by atoms with Gasteiger partial charge in [-0.15, -0.1) is 12.4 Å². The van der Waals surface area contributed by atoms with Crippen LogP contribution >= 0.6 is 12.4 Å². The fraction of sp³-hybridized carbons (Fsp3) is 0.545. The number of ether oxygens (including phenoxy) is 1. The SMILES string of the molecule is Cl.Cn1nc(C(=O)N2CCCCC2C(CN)Cc2ccccc2)c2c1CCOC2. The smallest absolute Gasteiger partial charge is 0.275 e. The van der Waals surface area contributed by atoms with Crippen molar-refractivity contribution in [1.82, 2.24) is 14.7 Å². The van der Waals surface area contributed by atoms with E-state index in [1.165, 1.54) is 5.56 Å². The molecule has 0 saturated carbocycles. The number of aryl methyl sites for hydroxylation is 1. The zero-order chi connectivity index (χ0) is 19.5. The summed E-state index contributed by atoms with van der Waals surface area (Å²) in [6, 6.07) is 10.6. The number of rotatable bonds is 5. The molecule has 1 aromatic heterocycles. The van der Waals surface area contributed by atoms with Gasteiger partial charge in [-0.3, -0.25) is 9.48 Å². The lowest BCUT2D eigenvalue weighted by Crippen LogP contribution is -2.50. The Balaban J connectivity index is 0.00000240. The van der Waals surface area contributed by atoms with Crippen LogP contribution in [0.4, 0.5) is 0 Å². The number of aromatic nitrogens is 2. The van der Waals surface area contributed by atoms with Crippen molar-refractivity contribution in [3.63, 3.8) is 0 Å². The number of likely N-dealkylation sites (tertiary alicyclic amines) is 1. The van der Waals surface area contributed by atoms with Crippen LogP contribution in [0.3, 0.4) is 0 Å². The van der Waals surface area contributed by atoms with Gasteiger partial charge in [-0.1, -0.05) is 30.3 Å². The molecule has 2 unspecified atom stereocenters. The van der Waals surface area contributed by atoms with Crippen molar-refractivity contribution in [2.24, 2.45) is 18.7 Å². The van der Waals surface area contributed by atoms with Gasteiger partial charge >= 0.3 is 0 Å². The average molecular weight is 419 g/mol. The number of nitrogens with two attached hydrogens (primary N) is 1. The minimum atomic E-state index is 0. The first kappa shape index (κ1) is 21.8. The zero-order valence-electron chi connectivity index (χ0n) is 17.0. The summed E-state index contributed by atoms with van der Waals surface area (Å²) in [5, 5.41) is 4.59. The summed E-state index contributed by atoms with van der Waals surface area (Å²) >= 11 is 0. The van der Waals surface area contributed by atoms with E-state index in [-0.39, 0.29) is 30.3 Å². The standard InChI is InChI=1S/C22H30N4O2.ClH/c1-25-20-10-12-28-15-18(20)21(24-25)22(27)26-11-6-5-9-19(26)17(14-23)13-16-7-3-2-4-8-16;/h2-4,7-8,17,19H,5-6,9-15,23H2,1H3;1H. The second-order valence-corrected chi connectivity index (χ2v) is 7.95. The van der Waals surface area contributed by atoms with Crippen LogP contribution in [-0.2, 0) is 31.2 Å². The van der Waals surface area contributed by atoms with Gasteiger partial charge in [-0.25, -0.2) is 0 Å². The number of halogens is 1. The van der Waals surface area contributed by atoms with E-state index >= 15 is 0 Å². The van der Waals surface area contributed by atoms with Gasteiger partial charge in [-0.05, 0) is 43.7 Å². The zero-order valence-corrected chi connectivity index (χ0v) is 17.9. The summed E-state index contributed by atoms with van der Waals surface area (Å²) in [7, 11) is 1.92. The quantitative estimate of drug-likeness (QED) is 0.810. The predicted molar refractivity (Wildman–Crippen MR) is 115 cm³/mol. The molecule has 2 aliphatic heterocycles. The Morgan fingerprint density at radius 3 is 2.86 bits per heavy atom. The number of hydrogen-bond acceptors (Lipinski definition) is 4. The minimum Gasteiger partial charge on any atom is -0.376 e. The number of piperidine rings is 1. The van der Waals surface area contributed by atoms with Gasteiger partial charge in [0.25, 0.3) is 5.91 Å². The summed E-state index contributed by atoms with van der Waals surface area (Å²) in [5.74, 6) is 0.293. The summed E-state index contributed by atoms with van der Waals surface area (Å²) < 4.78 is 7.47. The molecule has 1 fully saturated rings. The highest BCUT2D eigenvalue weighted by atomic mass is 35.5. The molecule has 7 heteroatoms. The molecule has 4 rings (SSSR count). The van der Waals surface area contributed by atoms with Crippen LogP contribution in [0.2, 0.25) is 0 Å². The van der Waals surface area contributed by atoms with E-state index in [4.69, 9.17) is 10.5 Å². The van der Waals surface area contributed by atoms with E-state index in [2.05, 4.69) is 29.4 Å². The topological polar surface area (TPSA) is 73.4 Å². The molecule has 2 N–H and O–H groups in total. The molecule has 0 radical (unpaired) electrons. The molecule has 1 aromatic carbocycles. The maximum absolute atomic E-state index is 13.5. The van der Waals surface area contributed by atoms with E-state index in [1.807, 2.05) is 22.7 Å². The van der Waals surface area contributed by atoms with Gasteiger partial charge in [0.05, 0.1) is 13.2 Å². The van der Waals surface area contributed by atoms with Gasteiger partial charge in [-0.2, -0.15) is 5.10 Å². The van der Waals surface area contributed by atoms with Crippen LogP contribution in [-0.4, -0.2) is 46.3 Å². The first-order chi connectivity index (χ1) is 13.7. The molecule has 2 aliphatic rings. The molecule has 6 nitrogen and oxygen atoms in total. The summed E-state index contributed by atoms with van der Waals surface area (Å²) in [4.78, 5) is 15.6. The normalized spacial score (nSPS) is 19.9. The fourth-order valence-corrected chi connectivity index (χ4v) is 4.71. The van der Waals surface area contributed by atoms with Gasteiger partial charge in [0.15, 0.2) is 5.69 Å². The Morgan fingerprint density at radius 1 is 1.31 bits per heavy atom. The van der Waals surface area contributed by atoms with Gasteiger partial charge in [0.2, 0.25) is 0 Å². The van der Waals surface area contributed by atoms with Crippen molar-refractivity contribution in [3.8, 4) is 0 Å². The average Bonchev–Trinajstić information content (AvgIpc) is 3.09. The molecule has 0 aliphatic carbocycles. The maximum atomic E-state index is 13.5. The molecule has 1 amide bonds. The molecule has 0 spiro atoms. The minimum absolute atomic E-state index is 0. The lowest BCUT2D eigenvalue weighted by atomic mass is 9.85. The number of carbonyl (C=O) groups excluding carboxylic acids is 1. The lowest BCUT2D eigenvalue weighted by Gasteiger charge is -2.40. The van der Waals surface area contributed by atoms with Crippen molar-refractivity contribution in [2.75, 3.05) is 19.7 Å². The van der Waals surface area contributed by atoms with Gasteiger partial charge in [0, 0.05) is 37.3 Å². The van der Waals surface area contributed by atoms with Gasteiger partial charge < -0.3 is 15.4 Å². The highest BCUT2D eigenvalue weighted by Gasteiger charge is 2.36. The largest absolute Gasteiger partial charge is 0.376 e. The summed E-state index contributed by atoms with van der Waals surface area (Å²) in [6.45, 7) is 2.53. The van der Waals surface area contributed by atoms with Crippen molar-refractivity contribution >= 4 is 18.3 Å². The Morgan fingerprint density at radius 2 is 2.10 bits per heavy atom. The Hall–Kier alpha value is -1.89. The van der Waals surface area contributed by atoms with Crippen LogP contribution in [0.15, 0.2) is 30.3 Å². The van der Waals surface area contributed by atoms with Crippen LogP contribution in [0, 0.1) is 5.92 Å². The fourth-order valence-electron chi connectivity index (χ4n) is 4.71. The number of nitrogens with zero attached hydrogens (tertiary/aromatic N) is 3. The third-order valence-electron chi connectivity index (χ3n) is 6.20. The van der Waals surface area contributed by atoms with Crippen molar-refractivity contribution < 1.29 is 9.53 Å². The molecule has 1 saturated heterocycles. The van der Waals surface area contributed by atoms with E-state index < -0.39 is 0 Å². The Bertz CT molecular complexity index is 824. The highest BCUT2D eigenvalue weighted by molar-refractivity contribution is 5.94. The molecule has 2 atom stereocenters. The first-order valence-electron chi connectivity index (χ1n) is 10.4. The number of benzene rings is 1. The van der Waals surface area contributed by atoms with E-state index in [1.54, 1.807) is 0 Å². The molecular formula is C22H31ClN4O2. The summed E-state index contributed by atoms with van der Waals surface area (Å²) in [5.41, 5.74) is 10.1. The van der Waals surface area contributed by atoms with Crippen LogP contribution in [0.5, 0.6) is 0 Å². The molecule has 158 valence electrons. The molecule has 0 bridgehead atoms. The Labute approximate surface area is 178 Å². The number of carbonyl (C=O) groups is 1. The number of hydrogen-bond donors (Lipinski definition) is 1. The number of amides is 1. The third kappa shape index (κ3) is 4.49. The van der Waals surface area contributed by atoms with Gasteiger partial charge in [0.1, 0.15) is 0 Å². The first-order valence-corrected chi connectivity index (χ1v) is 10.4. The maximum Gasteiger partial charge on any atom is 0.275 e. The van der Waals surface area contributed by atoms with Crippen LogP contribution < -0.4 is 5.73 Å². The highest BCUT2D eigenvalue weighted by Crippen LogP contribution is 2.29. The molecular weight excluding hydrogens is 388 g/mol. The second-order valence-electron chi connectivity index (χ2n) is 7.95. The molecule has 2 aromatic rings. The number of fused-ring (bicyclic) bond motifs is 1. The Kier molecular flexibility index (Phi) is 7.33. The second kappa shape index (κ2) is 9.74. The summed E-state index contributed by atoms with van der Waals surface area (Å²) in [6.07, 6.45) is 4.90. The van der Waals surface area contributed by atoms with E-state index in [0.717, 1.165) is 49.9 Å². The van der Waals surface area contributed by atoms with Crippen LogP contribution in [0.1, 0.15) is 46.6 Å². The third-order valence-corrected chi connectivity index (χ3v) is 6.20.